The van der Waals surface area contributed by atoms with Crippen molar-refractivity contribution in [2.24, 2.45) is 0 Å². The van der Waals surface area contributed by atoms with Gasteiger partial charge >= 0.3 is 5.69 Å². The van der Waals surface area contributed by atoms with E-state index in [9.17, 15) is 9.59 Å². The van der Waals surface area contributed by atoms with E-state index in [0.29, 0.717) is 10.6 Å². The highest BCUT2D eigenvalue weighted by Gasteiger charge is 2.01. The molecule has 0 aliphatic rings. The molecule has 60 valence electrons. The van der Waals surface area contributed by atoms with Gasteiger partial charge in [-0.25, -0.2) is 4.79 Å². The van der Waals surface area contributed by atoms with E-state index < -0.39 is 5.69 Å². The average molecular weight is 172 g/mol. The third-order valence-corrected chi connectivity index (χ3v) is 2.16. The summed E-state index contributed by atoms with van der Waals surface area (Å²) in [6, 6.07) is 0. The number of hydrogen-bond acceptors (Lipinski definition) is 3. The van der Waals surface area contributed by atoms with Gasteiger partial charge in [0.05, 0.1) is 5.03 Å². The molecule has 2 N–H and O–H groups in total. The molecule has 1 aromatic rings. The lowest BCUT2D eigenvalue weighted by Crippen LogP contribution is -2.24. The number of aromatic amines is 2. The van der Waals surface area contributed by atoms with Crippen LogP contribution in [0.2, 0.25) is 0 Å². The Bertz CT molecular complexity index is 366. The summed E-state index contributed by atoms with van der Waals surface area (Å²) in [5.74, 6) is 0. The second-order valence-electron chi connectivity index (χ2n) is 2.07. The molecule has 0 atom stereocenters. The summed E-state index contributed by atoms with van der Waals surface area (Å²) in [5, 5.41) is 0.624. The molecule has 0 aliphatic heterocycles. The summed E-state index contributed by atoms with van der Waals surface area (Å²) >= 11 is 1.35. The number of rotatable bonds is 1. The van der Waals surface area contributed by atoms with Gasteiger partial charge in [-0.3, -0.25) is 9.78 Å². The largest absolute Gasteiger partial charge is 0.326 e. The predicted octanol–water partition coefficient (Wildman–Crippen LogP) is 0.0935. The summed E-state index contributed by atoms with van der Waals surface area (Å²) < 4.78 is 0. The molecule has 0 bridgehead atoms. The molecule has 0 aromatic carbocycles. The van der Waals surface area contributed by atoms with Crippen LogP contribution in [-0.2, 0) is 0 Å². The van der Waals surface area contributed by atoms with Crippen LogP contribution in [0.3, 0.4) is 0 Å². The van der Waals surface area contributed by atoms with E-state index in [1.165, 1.54) is 11.8 Å². The van der Waals surface area contributed by atoms with Gasteiger partial charge in [-0.2, -0.15) is 0 Å². The first-order chi connectivity index (χ1) is 5.15. The molecule has 0 radical (unpaired) electrons. The average Bonchev–Trinajstić information content (AvgIpc) is 1.96. The van der Waals surface area contributed by atoms with Crippen LogP contribution in [0.1, 0.15) is 5.56 Å². The van der Waals surface area contributed by atoms with Gasteiger partial charge in [0.15, 0.2) is 0 Å². The van der Waals surface area contributed by atoms with Gasteiger partial charge in [-0.05, 0) is 13.2 Å². The maximum absolute atomic E-state index is 10.9. The van der Waals surface area contributed by atoms with Crippen molar-refractivity contribution in [1.82, 2.24) is 9.97 Å². The fourth-order valence-corrected chi connectivity index (χ4v) is 1.33. The highest BCUT2D eigenvalue weighted by Crippen LogP contribution is 2.09. The Balaban J connectivity index is 3.49. The Kier molecular flexibility index (Phi) is 2.19. The van der Waals surface area contributed by atoms with Gasteiger partial charge in [-0.1, -0.05) is 0 Å². The summed E-state index contributed by atoms with van der Waals surface area (Å²) in [6.45, 7) is 1.67. The van der Waals surface area contributed by atoms with E-state index in [1.54, 1.807) is 13.2 Å². The molecule has 1 heterocycles. The number of H-pyrrole nitrogens is 2. The van der Waals surface area contributed by atoms with E-state index >= 15 is 0 Å². The van der Waals surface area contributed by atoms with Crippen molar-refractivity contribution in [2.75, 3.05) is 6.26 Å². The van der Waals surface area contributed by atoms with Gasteiger partial charge in [0.25, 0.3) is 5.56 Å². The molecule has 0 fully saturated rings. The van der Waals surface area contributed by atoms with E-state index in [4.69, 9.17) is 0 Å². The first-order valence-corrected chi connectivity index (χ1v) is 4.25. The van der Waals surface area contributed by atoms with Crippen LogP contribution in [0.25, 0.3) is 0 Å². The Morgan fingerprint density at radius 1 is 1.27 bits per heavy atom. The predicted molar refractivity (Wildman–Crippen MR) is 44.2 cm³/mol. The minimum absolute atomic E-state index is 0.321. The summed E-state index contributed by atoms with van der Waals surface area (Å²) in [4.78, 5) is 26.3. The molecule has 5 heteroatoms. The van der Waals surface area contributed by atoms with E-state index in [0.717, 1.165) is 0 Å². The Hall–Kier alpha value is -0.970. The lowest BCUT2D eigenvalue weighted by molar-refractivity contribution is 0.917. The number of nitrogens with one attached hydrogen (secondary N) is 2. The third kappa shape index (κ3) is 1.54. The zero-order valence-electron chi connectivity index (χ0n) is 6.22. The summed E-state index contributed by atoms with van der Waals surface area (Å²) in [7, 11) is 0. The molecule has 11 heavy (non-hydrogen) atoms. The van der Waals surface area contributed by atoms with Crippen molar-refractivity contribution >= 4 is 11.8 Å². The highest BCUT2D eigenvalue weighted by molar-refractivity contribution is 7.98. The Morgan fingerprint density at radius 3 is 2.45 bits per heavy atom. The standard InChI is InChI=1S/C6H8N2O2S/c1-3-4(9)7-6(10)8-5(3)11-2/h1-2H3,(H2,7,8,9,10). The minimum atomic E-state index is -0.454. The number of aromatic nitrogens is 2. The zero-order chi connectivity index (χ0) is 8.43. The second-order valence-corrected chi connectivity index (χ2v) is 2.88. The van der Waals surface area contributed by atoms with Crippen molar-refractivity contribution in [3.05, 3.63) is 26.4 Å². The fraction of sp³-hybridized carbons (Fsp3) is 0.333. The SMILES string of the molecule is CSc1[nH]c(=O)[nH]c(=O)c1C. The first kappa shape index (κ1) is 8.13. The van der Waals surface area contributed by atoms with Crippen molar-refractivity contribution in [3.63, 3.8) is 0 Å². The van der Waals surface area contributed by atoms with Crippen LogP contribution in [0, 0.1) is 6.92 Å². The van der Waals surface area contributed by atoms with Crippen LogP contribution in [0.5, 0.6) is 0 Å². The van der Waals surface area contributed by atoms with Gasteiger partial charge in [0.2, 0.25) is 0 Å². The van der Waals surface area contributed by atoms with Crippen molar-refractivity contribution in [1.29, 1.82) is 0 Å². The van der Waals surface area contributed by atoms with Crippen LogP contribution in [0.15, 0.2) is 14.6 Å². The van der Waals surface area contributed by atoms with Crippen LogP contribution in [-0.4, -0.2) is 16.2 Å². The van der Waals surface area contributed by atoms with Crippen LogP contribution in [0.4, 0.5) is 0 Å². The van der Waals surface area contributed by atoms with Gasteiger partial charge in [-0.15, -0.1) is 11.8 Å². The van der Waals surface area contributed by atoms with Gasteiger partial charge < -0.3 is 4.98 Å². The van der Waals surface area contributed by atoms with E-state index in [1.807, 2.05) is 0 Å². The number of hydrogen-bond donors (Lipinski definition) is 2. The second kappa shape index (κ2) is 2.96. The lowest BCUT2D eigenvalue weighted by atomic mass is 10.4. The topological polar surface area (TPSA) is 65.7 Å². The van der Waals surface area contributed by atoms with Crippen molar-refractivity contribution in [2.45, 2.75) is 11.9 Å². The molecular weight excluding hydrogens is 164 g/mol. The molecule has 0 aliphatic carbocycles. The quantitative estimate of drug-likeness (QED) is 0.466. The monoisotopic (exact) mass is 172 g/mol. The molecule has 0 amide bonds. The molecule has 0 saturated heterocycles. The van der Waals surface area contributed by atoms with E-state index in [-0.39, 0.29) is 5.56 Å². The van der Waals surface area contributed by atoms with Gasteiger partial charge in [0.1, 0.15) is 0 Å². The normalized spacial score (nSPS) is 10.0. The molecule has 1 aromatic heterocycles. The summed E-state index contributed by atoms with van der Waals surface area (Å²) in [6.07, 6.45) is 1.80. The van der Waals surface area contributed by atoms with Crippen molar-refractivity contribution < 1.29 is 0 Å². The molecular formula is C6H8N2O2S. The lowest BCUT2D eigenvalue weighted by Gasteiger charge is -1.97. The van der Waals surface area contributed by atoms with Gasteiger partial charge in [0, 0.05) is 5.56 Å². The number of thioether (sulfide) groups is 1. The minimum Gasteiger partial charge on any atom is -0.302 e. The fourth-order valence-electron chi connectivity index (χ4n) is 0.732. The van der Waals surface area contributed by atoms with Crippen molar-refractivity contribution in [3.8, 4) is 0 Å². The van der Waals surface area contributed by atoms with Crippen LogP contribution >= 0.6 is 11.8 Å². The maximum atomic E-state index is 10.9. The third-order valence-electron chi connectivity index (χ3n) is 1.34. The molecule has 4 nitrogen and oxygen atoms in total. The van der Waals surface area contributed by atoms with Crippen LogP contribution < -0.4 is 11.2 Å². The Morgan fingerprint density at radius 2 is 1.91 bits per heavy atom. The molecule has 1 rings (SSSR count). The molecule has 0 unspecified atom stereocenters. The highest BCUT2D eigenvalue weighted by atomic mass is 32.2. The van der Waals surface area contributed by atoms with E-state index in [2.05, 4.69) is 9.97 Å². The molecule has 0 saturated carbocycles. The first-order valence-electron chi connectivity index (χ1n) is 3.02. The maximum Gasteiger partial charge on any atom is 0.326 e. The Labute approximate surface area is 67.0 Å². The smallest absolute Gasteiger partial charge is 0.302 e. The zero-order valence-corrected chi connectivity index (χ0v) is 7.04. The molecule has 0 spiro atoms. The summed E-state index contributed by atoms with van der Waals surface area (Å²) in [5.41, 5.74) is -0.222.